The second kappa shape index (κ2) is 8.74. The van der Waals surface area contributed by atoms with Crippen molar-refractivity contribution in [2.45, 2.75) is 20.4 Å². The first-order valence-electron chi connectivity index (χ1n) is 9.65. The summed E-state index contributed by atoms with van der Waals surface area (Å²) < 4.78 is 0. The minimum Gasteiger partial charge on any atom is -0.315 e. The number of carbonyl (C=O) groups is 2. The minimum absolute atomic E-state index is 0.236. The molecule has 0 aromatic heterocycles. The summed E-state index contributed by atoms with van der Waals surface area (Å²) in [6.45, 7) is 3.78. The maximum Gasteiger partial charge on any atom is 0.242 e. The molecule has 0 radical (unpaired) electrons. The Hall–Kier alpha value is -3.40. The zero-order chi connectivity index (χ0) is 20.9. The van der Waals surface area contributed by atoms with E-state index in [1.54, 1.807) is 30.7 Å². The van der Waals surface area contributed by atoms with Crippen molar-refractivity contribution in [2.75, 3.05) is 16.8 Å². The lowest BCUT2D eigenvalue weighted by Gasteiger charge is -2.34. The quantitative estimate of drug-likeness (QED) is 0.565. The number of rotatable bonds is 6. The van der Waals surface area contributed by atoms with Crippen LogP contribution in [0.2, 0.25) is 0 Å². The van der Waals surface area contributed by atoms with E-state index >= 15 is 0 Å². The topological polar surface area (TPSA) is 40.6 Å². The van der Waals surface area contributed by atoms with Gasteiger partial charge in [0.05, 0.1) is 6.54 Å². The number of anilines is 2. The SMILES string of the molecule is CN(C(=O)C(C)(C)C(=O)N(Cc1ccccc1)c1ccccc1)c1ccccc1. The van der Waals surface area contributed by atoms with Gasteiger partial charge in [-0.25, -0.2) is 0 Å². The van der Waals surface area contributed by atoms with Crippen molar-refractivity contribution in [2.24, 2.45) is 5.41 Å². The Labute approximate surface area is 172 Å². The second-order valence-electron chi connectivity index (χ2n) is 7.54. The van der Waals surface area contributed by atoms with Gasteiger partial charge in [-0.2, -0.15) is 0 Å². The van der Waals surface area contributed by atoms with Crippen molar-refractivity contribution < 1.29 is 9.59 Å². The van der Waals surface area contributed by atoms with Gasteiger partial charge < -0.3 is 9.80 Å². The van der Waals surface area contributed by atoms with Gasteiger partial charge in [0.25, 0.3) is 0 Å². The summed E-state index contributed by atoms with van der Waals surface area (Å²) in [5.41, 5.74) is 1.30. The number of hydrogen-bond acceptors (Lipinski definition) is 2. The molecule has 0 spiro atoms. The lowest BCUT2D eigenvalue weighted by Crippen LogP contribution is -2.50. The normalized spacial score (nSPS) is 11.0. The third kappa shape index (κ3) is 4.54. The molecule has 2 amide bonds. The summed E-state index contributed by atoms with van der Waals surface area (Å²) in [6, 6.07) is 28.6. The van der Waals surface area contributed by atoms with E-state index < -0.39 is 5.41 Å². The van der Waals surface area contributed by atoms with E-state index in [2.05, 4.69) is 0 Å². The maximum absolute atomic E-state index is 13.6. The van der Waals surface area contributed by atoms with Crippen LogP contribution in [0.4, 0.5) is 11.4 Å². The minimum atomic E-state index is -1.23. The molecule has 4 heteroatoms. The molecule has 0 unspecified atom stereocenters. The Morgan fingerprint density at radius 2 is 1.14 bits per heavy atom. The lowest BCUT2D eigenvalue weighted by molar-refractivity contribution is -0.138. The molecular weight excluding hydrogens is 360 g/mol. The van der Waals surface area contributed by atoms with E-state index in [0.717, 1.165) is 16.9 Å². The highest BCUT2D eigenvalue weighted by Crippen LogP contribution is 2.29. The van der Waals surface area contributed by atoms with Crippen LogP contribution in [0.5, 0.6) is 0 Å². The average Bonchev–Trinajstić information content (AvgIpc) is 2.77. The molecule has 29 heavy (non-hydrogen) atoms. The lowest BCUT2D eigenvalue weighted by atomic mass is 9.89. The van der Waals surface area contributed by atoms with Crippen molar-refractivity contribution in [1.29, 1.82) is 0 Å². The summed E-state index contributed by atoms with van der Waals surface area (Å²) in [6.07, 6.45) is 0. The Morgan fingerprint density at radius 1 is 0.690 bits per heavy atom. The van der Waals surface area contributed by atoms with Crippen molar-refractivity contribution in [3.8, 4) is 0 Å². The molecule has 0 aliphatic heterocycles. The molecular formula is C25H26N2O2. The molecule has 0 atom stereocenters. The van der Waals surface area contributed by atoms with Crippen LogP contribution < -0.4 is 9.80 Å². The number of amides is 2. The molecule has 0 fully saturated rings. The van der Waals surface area contributed by atoms with Crippen LogP contribution in [0.1, 0.15) is 19.4 Å². The monoisotopic (exact) mass is 386 g/mol. The summed E-state index contributed by atoms with van der Waals surface area (Å²) in [7, 11) is 1.71. The van der Waals surface area contributed by atoms with Crippen LogP contribution in [0.15, 0.2) is 91.0 Å². The molecule has 0 saturated heterocycles. The molecule has 0 aliphatic rings. The van der Waals surface area contributed by atoms with Gasteiger partial charge in [-0.05, 0) is 43.7 Å². The second-order valence-corrected chi connectivity index (χ2v) is 7.54. The van der Waals surface area contributed by atoms with E-state index in [0.29, 0.717) is 6.54 Å². The van der Waals surface area contributed by atoms with Crippen LogP contribution in [0, 0.1) is 5.41 Å². The average molecular weight is 386 g/mol. The summed E-state index contributed by atoms with van der Waals surface area (Å²) >= 11 is 0. The van der Waals surface area contributed by atoms with Crippen LogP contribution in [-0.2, 0) is 16.1 Å². The van der Waals surface area contributed by atoms with Gasteiger partial charge in [0, 0.05) is 18.4 Å². The highest BCUT2D eigenvalue weighted by molar-refractivity contribution is 6.15. The van der Waals surface area contributed by atoms with E-state index in [1.807, 2.05) is 91.0 Å². The van der Waals surface area contributed by atoms with Crippen molar-refractivity contribution in [1.82, 2.24) is 0 Å². The highest BCUT2D eigenvalue weighted by atomic mass is 16.2. The zero-order valence-corrected chi connectivity index (χ0v) is 17.1. The number of hydrogen-bond donors (Lipinski definition) is 0. The van der Waals surface area contributed by atoms with Crippen LogP contribution in [-0.4, -0.2) is 18.9 Å². The molecule has 0 N–H and O–H groups in total. The largest absolute Gasteiger partial charge is 0.315 e. The molecule has 0 heterocycles. The van der Waals surface area contributed by atoms with Gasteiger partial charge >= 0.3 is 0 Å². The molecule has 4 nitrogen and oxygen atoms in total. The van der Waals surface area contributed by atoms with Gasteiger partial charge in [-0.1, -0.05) is 66.7 Å². The first-order chi connectivity index (χ1) is 13.9. The molecule has 0 saturated carbocycles. The maximum atomic E-state index is 13.6. The fourth-order valence-electron chi connectivity index (χ4n) is 3.27. The predicted octanol–water partition coefficient (Wildman–Crippen LogP) is 4.91. The van der Waals surface area contributed by atoms with E-state index in [-0.39, 0.29) is 11.8 Å². The highest BCUT2D eigenvalue weighted by Gasteiger charge is 2.41. The van der Waals surface area contributed by atoms with E-state index in [9.17, 15) is 9.59 Å². The molecule has 3 aromatic rings. The number of benzene rings is 3. The van der Waals surface area contributed by atoms with Crippen molar-refractivity contribution in [3.63, 3.8) is 0 Å². The fraction of sp³-hybridized carbons (Fsp3) is 0.200. The Kier molecular flexibility index (Phi) is 6.13. The van der Waals surface area contributed by atoms with Gasteiger partial charge in [0.15, 0.2) is 0 Å². The van der Waals surface area contributed by atoms with Crippen molar-refractivity contribution in [3.05, 3.63) is 96.6 Å². The number of para-hydroxylation sites is 2. The third-order valence-electron chi connectivity index (χ3n) is 5.01. The fourth-order valence-corrected chi connectivity index (χ4v) is 3.27. The summed E-state index contributed by atoms with van der Waals surface area (Å²) in [5.74, 6) is -0.483. The van der Waals surface area contributed by atoms with Gasteiger partial charge in [-0.15, -0.1) is 0 Å². The van der Waals surface area contributed by atoms with Crippen molar-refractivity contribution >= 4 is 23.2 Å². The van der Waals surface area contributed by atoms with Gasteiger partial charge in [0.2, 0.25) is 11.8 Å². The third-order valence-corrected chi connectivity index (χ3v) is 5.01. The summed E-state index contributed by atoms with van der Waals surface area (Å²) in [4.78, 5) is 30.1. The predicted molar refractivity (Wildman–Crippen MR) is 118 cm³/mol. The summed E-state index contributed by atoms with van der Waals surface area (Å²) in [5, 5.41) is 0. The van der Waals surface area contributed by atoms with Crippen LogP contribution in [0.3, 0.4) is 0 Å². The molecule has 3 aromatic carbocycles. The molecule has 3 rings (SSSR count). The van der Waals surface area contributed by atoms with Crippen LogP contribution >= 0.6 is 0 Å². The first kappa shape index (κ1) is 20.3. The van der Waals surface area contributed by atoms with Crippen LogP contribution in [0.25, 0.3) is 0 Å². The van der Waals surface area contributed by atoms with Gasteiger partial charge in [0.1, 0.15) is 5.41 Å². The van der Waals surface area contributed by atoms with E-state index in [1.165, 1.54) is 0 Å². The Balaban J connectivity index is 1.92. The molecule has 148 valence electrons. The zero-order valence-electron chi connectivity index (χ0n) is 17.1. The molecule has 0 aliphatic carbocycles. The van der Waals surface area contributed by atoms with E-state index in [4.69, 9.17) is 0 Å². The number of nitrogens with zero attached hydrogens (tertiary/aromatic N) is 2. The standard InChI is InChI=1S/C25H26N2O2/c1-25(2,23(28)26(3)21-15-9-5-10-16-21)24(29)27(22-17-11-6-12-18-22)19-20-13-7-4-8-14-20/h4-18H,19H2,1-3H3. The van der Waals surface area contributed by atoms with Gasteiger partial charge in [-0.3, -0.25) is 9.59 Å². The Morgan fingerprint density at radius 3 is 1.66 bits per heavy atom. The number of carbonyl (C=O) groups excluding carboxylic acids is 2. The first-order valence-corrected chi connectivity index (χ1v) is 9.65. The Bertz CT molecular complexity index is 954. The smallest absolute Gasteiger partial charge is 0.242 e. The molecule has 0 bridgehead atoms.